The van der Waals surface area contributed by atoms with E-state index in [2.05, 4.69) is 9.71 Å². The summed E-state index contributed by atoms with van der Waals surface area (Å²) in [5.41, 5.74) is 6.86. The maximum Gasteiger partial charge on any atom is 0.260 e. The summed E-state index contributed by atoms with van der Waals surface area (Å²) < 4.78 is 29.2. The molecule has 3 N–H and O–H groups in total. The van der Waals surface area contributed by atoms with E-state index in [0.717, 1.165) is 5.56 Å². The molecule has 112 valence electrons. The molecule has 6 nitrogen and oxygen atoms in total. The van der Waals surface area contributed by atoms with Crippen LogP contribution in [0.1, 0.15) is 12.5 Å². The highest BCUT2D eigenvalue weighted by atomic mass is 32.2. The van der Waals surface area contributed by atoms with Crippen LogP contribution in [0.25, 0.3) is 4.96 Å². The number of imidazole rings is 1. The summed E-state index contributed by atoms with van der Waals surface area (Å²) >= 11 is 2.93. The topological polar surface area (TPSA) is 89.5 Å². The largest absolute Gasteiger partial charge is 0.381 e. The third kappa shape index (κ3) is 2.82. The minimum atomic E-state index is -3.71. The number of nitrogens with zero attached hydrogens (tertiary/aromatic N) is 2. The van der Waals surface area contributed by atoms with Crippen molar-refractivity contribution >= 4 is 43.5 Å². The zero-order chi connectivity index (χ0) is 15.0. The van der Waals surface area contributed by atoms with Crippen molar-refractivity contribution in [2.45, 2.75) is 24.4 Å². The summed E-state index contributed by atoms with van der Waals surface area (Å²) in [6.45, 7) is 1.83. The molecule has 0 bridgehead atoms. The fourth-order valence-corrected chi connectivity index (χ4v) is 5.09. The summed E-state index contributed by atoms with van der Waals surface area (Å²) in [4.78, 5) is 4.63. The Morgan fingerprint density at radius 2 is 2.29 bits per heavy atom. The first-order chi connectivity index (χ1) is 9.97. The SMILES string of the molecule is CC(Cc1ccsc1)NS(=O)(=O)c1c(N)nc2sccn12. The quantitative estimate of drug-likeness (QED) is 0.741. The molecule has 1 atom stereocenters. The molecule has 1 unspecified atom stereocenters. The van der Waals surface area contributed by atoms with E-state index in [1.165, 1.54) is 15.7 Å². The molecule has 0 saturated heterocycles. The van der Waals surface area contributed by atoms with Crippen molar-refractivity contribution in [1.82, 2.24) is 14.1 Å². The van der Waals surface area contributed by atoms with Gasteiger partial charge in [0.25, 0.3) is 10.0 Å². The van der Waals surface area contributed by atoms with Crippen LogP contribution in [0.3, 0.4) is 0 Å². The predicted molar refractivity (Wildman–Crippen MR) is 85.3 cm³/mol. The molecule has 0 aromatic carbocycles. The molecule has 0 aliphatic heterocycles. The van der Waals surface area contributed by atoms with Gasteiger partial charge in [-0.3, -0.25) is 4.40 Å². The normalized spacial score (nSPS) is 13.8. The van der Waals surface area contributed by atoms with E-state index in [-0.39, 0.29) is 16.9 Å². The van der Waals surface area contributed by atoms with E-state index in [9.17, 15) is 8.42 Å². The minimum absolute atomic E-state index is 0.0101. The predicted octanol–water partition coefficient (Wildman–Crippen LogP) is 1.95. The third-order valence-electron chi connectivity index (χ3n) is 2.98. The zero-order valence-corrected chi connectivity index (χ0v) is 13.6. The Hall–Kier alpha value is -1.42. The van der Waals surface area contributed by atoms with Crippen LogP contribution < -0.4 is 10.5 Å². The molecule has 0 aliphatic carbocycles. The van der Waals surface area contributed by atoms with Gasteiger partial charge >= 0.3 is 0 Å². The van der Waals surface area contributed by atoms with Crippen LogP contribution in [0.15, 0.2) is 33.4 Å². The van der Waals surface area contributed by atoms with E-state index in [0.29, 0.717) is 11.4 Å². The van der Waals surface area contributed by atoms with Crippen molar-refractivity contribution in [2.24, 2.45) is 0 Å². The number of nitrogens with one attached hydrogen (secondary N) is 1. The Morgan fingerprint density at radius 1 is 1.48 bits per heavy atom. The van der Waals surface area contributed by atoms with Crippen molar-refractivity contribution in [2.75, 3.05) is 5.73 Å². The number of aromatic nitrogens is 2. The fourth-order valence-electron chi connectivity index (χ4n) is 2.17. The van der Waals surface area contributed by atoms with E-state index >= 15 is 0 Å². The fraction of sp³-hybridized carbons (Fsp3) is 0.250. The number of sulfonamides is 1. The Balaban J connectivity index is 1.86. The first-order valence-corrected chi connectivity index (χ1v) is 9.52. The molecule has 0 saturated carbocycles. The van der Waals surface area contributed by atoms with Gasteiger partial charge in [-0.25, -0.2) is 18.1 Å². The number of rotatable bonds is 5. The van der Waals surface area contributed by atoms with Crippen molar-refractivity contribution in [1.29, 1.82) is 0 Å². The summed E-state index contributed by atoms with van der Waals surface area (Å²) in [7, 11) is -3.71. The first-order valence-electron chi connectivity index (χ1n) is 6.22. The number of hydrogen-bond acceptors (Lipinski definition) is 6. The van der Waals surface area contributed by atoms with Crippen LogP contribution in [0.5, 0.6) is 0 Å². The van der Waals surface area contributed by atoms with Crippen molar-refractivity contribution < 1.29 is 8.42 Å². The lowest BCUT2D eigenvalue weighted by Crippen LogP contribution is -2.35. The average molecular weight is 342 g/mol. The van der Waals surface area contributed by atoms with Crippen LogP contribution in [-0.4, -0.2) is 23.8 Å². The van der Waals surface area contributed by atoms with Crippen molar-refractivity contribution in [3.8, 4) is 0 Å². The summed E-state index contributed by atoms with van der Waals surface area (Å²) in [5.74, 6) is 0.0251. The highest BCUT2D eigenvalue weighted by Gasteiger charge is 2.26. The number of thiophene rings is 1. The van der Waals surface area contributed by atoms with Gasteiger partial charge in [0.05, 0.1) is 0 Å². The second kappa shape index (κ2) is 5.41. The van der Waals surface area contributed by atoms with Crippen LogP contribution in [0.2, 0.25) is 0 Å². The van der Waals surface area contributed by atoms with Crippen LogP contribution in [0.4, 0.5) is 5.82 Å². The maximum absolute atomic E-state index is 12.5. The highest BCUT2D eigenvalue weighted by molar-refractivity contribution is 7.89. The van der Waals surface area contributed by atoms with Crippen LogP contribution in [-0.2, 0) is 16.4 Å². The monoisotopic (exact) mass is 342 g/mol. The second-order valence-electron chi connectivity index (χ2n) is 4.72. The van der Waals surface area contributed by atoms with Gasteiger partial charge in [-0.15, -0.1) is 11.3 Å². The molecule has 0 fully saturated rings. The lowest BCUT2D eigenvalue weighted by atomic mass is 10.1. The lowest BCUT2D eigenvalue weighted by molar-refractivity contribution is 0.556. The van der Waals surface area contributed by atoms with Gasteiger partial charge in [0, 0.05) is 17.6 Å². The molecule has 0 radical (unpaired) electrons. The summed E-state index contributed by atoms with van der Waals surface area (Å²) in [5, 5.41) is 5.77. The van der Waals surface area contributed by atoms with Gasteiger partial charge in [0.15, 0.2) is 15.8 Å². The average Bonchev–Trinajstić information content (AvgIpc) is 3.04. The zero-order valence-electron chi connectivity index (χ0n) is 11.2. The molecule has 9 heteroatoms. The van der Waals surface area contributed by atoms with E-state index in [1.807, 2.05) is 23.8 Å². The Kier molecular flexibility index (Phi) is 3.74. The smallest absolute Gasteiger partial charge is 0.260 e. The molecule has 21 heavy (non-hydrogen) atoms. The number of nitrogens with two attached hydrogens (primary N) is 1. The number of hydrogen-bond donors (Lipinski definition) is 2. The van der Waals surface area contributed by atoms with E-state index in [1.54, 1.807) is 22.9 Å². The molecule has 0 aliphatic rings. The van der Waals surface area contributed by atoms with Crippen LogP contribution >= 0.6 is 22.7 Å². The minimum Gasteiger partial charge on any atom is -0.381 e. The Bertz CT molecular complexity index is 848. The molecule has 3 aromatic rings. The van der Waals surface area contributed by atoms with Crippen LogP contribution in [0, 0.1) is 0 Å². The molecule has 0 amide bonds. The number of nitrogen functional groups attached to an aromatic ring is 1. The lowest BCUT2D eigenvalue weighted by Gasteiger charge is -2.13. The molecule has 3 aromatic heterocycles. The highest BCUT2D eigenvalue weighted by Crippen LogP contribution is 2.23. The van der Waals surface area contributed by atoms with Gasteiger partial charge in [0.1, 0.15) is 0 Å². The molecule has 3 heterocycles. The summed E-state index contributed by atoms with van der Waals surface area (Å²) in [6, 6.07) is 1.76. The van der Waals surface area contributed by atoms with Gasteiger partial charge in [-0.2, -0.15) is 11.3 Å². The number of anilines is 1. The molecule has 3 rings (SSSR count). The van der Waals surface area contributed by atoms with E-state index < -0.39 is 10.0 Å². The third-order valence-corrected chi connectivity index (χ3v) is 6.09. The van der Waals surface area contributed by atoms with Gasteiger partial charge in [-0.05, 0) is 35.7 Å². The number of thiazole rings is 1. The maximum atomic E-state index is 12.5. The van der Waals surface area contributed by atoms with Gasteiger partial charge in [0.2, 0.25) is 0 Å². The van der Waals surface area contributed by atoms with Gasteiger partial charge < -0.3 is 5.73 Å². The van der Waals surface area contributed by atoms with Crippen molar-refractivity contribution in [3.63, 3.8) is 0 Å². The van der Waals surface area contributed by atoms with Gasteiger partial charge in [-0.1, -0.05) is 0 Å². The van der Waals surface area contributed by atoms with Crippen molar-refractivity contribution in [3.05, 3.63) is 34.0 Å². The Morgan fingerprint density at radius 3 is 3.00 bits per heavy atom. The molecular formula is C12H14N4O2S3. The molecular weight excluding hydrogens is 328 g/mol. The second-order valence-corrected chi connectivity index (χ2v) is 8.00. The number of fused-ring (bicyclic) bond motifs is 1. The first kappa shape index (κ1) is 14.5. The Labute approximate surface area is 130 Å². The van der Waals surface area contributed by atoms with E-state index in [4.69, 9.17) is 5.73 Å². The molecule has 0 spiro atoms. The standard InChI is InChI=1S/C12H14N4O2S3/c1-8(6-9-2-4-19-7-9)15-21(17,18)11-10(13)14-12-16(11)3-5-20-12/h2-5,7-8,15H,6,13H2,1H3. The summed E-state index contributed by atoms with van der Waals surface area (Å²) in [6.07, 6.45) is 2.29.